The van der Waals surface area contributed by atoms with Gasteiger partial charge in [0.15, 0.2) is 0 Å². The third-order valence-electron chi connectivity index (χ3n) is 1.08. The minimum Gasteiger partial charge on any atom is -0.397 e. The fraction of sp³-hybridized carbons (Fsp3) is 0.167. The fourth-order valence-corrected chi connectivity index (χ4v) is 0.896. The first-order chi connectivity index (χ1) is 5.88. The van der Waals surface area contributed by atoms with Gasteiger partial charge in [-0.1, -0.05) is 0 Å². The summed E-state index contributed by atoms with van der Waals surface area (Å²) in [7, 11) is 0. The number of hydrogen-bond acceptors (Lipinski definition) is 3. The van der Waals surface area contributed by atoms with Crippen LogP contribution in [0.15, 0.2) is 16.7 Å². The summed E-state index contributed by atoms with van der Waals surface area (Å²) in [5, 5.41) is 0. The second kappa shape index (κ2) is 3.41. The highest BCUT2D eigenvalue weighted by Gasteiger charge is 2.31. The standard InChI is InChI=1S/C6H4BrF3N2O/c7-3-1-5(12-2-4(3)11)13-6(8,9)10/h1-2H,11H2. The van der Waals surface area contributed by atoms with Crippen LogP contribution in [0.1, 0.15) is 0 Å². The van der Waals surface area contributed by atoms with Crippen LogP contribution in [0.3, 0.4) is 0 Å². The summed E-state index contributed by atoms with van der Waals surface area (Å²) in [5.74, 6) is -0.548. The number of nitrogen functional groups attached to an aromatic ring is 1. The van der Waals surface area contributed by atoms with Crippen molar-refractivity contribution in [1.29, 1.82) is 0 Å². The van der Waals surface area contributed by atoms with E-state index >= 15 is 0 Å². The van der Waals surface area contributed by atoms with Crippen molar-refractivity contribution in [1.82, 2.24) is 4.98 Å². The van der Waals surface area contributed by atoms with Gasteiger partial charge in [0.05, 0.1) is 11.9 Å². The second-order valence-corrected chi connectivity index (χ2v) is 2.95. The van der Waals surface area contributed by atoms with Crippen LogP contribution in [0.2, 0.25) is 0 Å². The van der Waals surface area contributed by atoms with Crippen molar-refractivity contribution in [3.05, 3.63) is 16.7 Å². The average Bonchev–Trinajstić information content (AvgIpc) is 1.94. The first-order valence-electron chi connectivity index (χ1n) is 3.05. The van der Waals surface area contributed by atoms with Gasteiger partial charge in [-0.2, -0.15) is 0 Å². The van der Waals surface area contributed by atoms with Crippen LogP contribution < -0.4 is 10.5 Å². The molecular formula is C6H4BrF3N2O. The summed E-state index contributed by atoms with van der Waals surface area (Å²) in [6, 6.07) is 1.04. The normalized spacial score (nSPS) is 11.4. The molecule has 3 nitrogen and oxygen atoms in total. The molecule has 0 saturated heterocycles. The van der Waals surface area contributed by atoms with E-state index in [1.165, 1.54) is 0 Å². The Morgan fingerprint density at radius 2 is 2.08 bits per heavy atom. The monoisotopic (exact) mass is 256 g/mol. The Morgan fingerprint density at radius 3 is 2.54 bits per heavy atom. The highest BCUT2D eigenvalue weighted by atomic mass is 79.9. The molecule has 0 aliphatic carbocycles. The molecule has 0 saturated carbocycles. The van der Waals surface area contributed by atoms with E-state index in [-0.39, 0.29) is 5.69 Å². The van der Waals surface area contributed by atoms with Crippen molar-refractivity contribution in [3.63, 3.8) is 0 Å². The number of anilines is 1. The van der Waals surface area contributed by atoms with Crippen LogP contribution in [0.5, 0.6) is 5.88 Å². The van der Waals surface area contributed by atoms with Gasteiger partial charge < -0.3 is 10.5 Å². The van der Waals surface area contributed by atoms with Crippen LogP contribution >= 0.6 is 15.9 Å². The third-order valence-corrected chi connectivity index (χ3v) is 1.76. The number of hydrogen-bond donors (Lipinski definition) is 1. The van der Waals surface area contributed by atoms with E-state index in [2.05, 4.69) is 25.7 Å². The number of alkyl halides is 3. The van der Waals surface area contributed by atoms with Gasteiger partial charge in [-0.05, 0) is 15.9 Å². The number of ether oxygens (including phenoxy) is 1. The number of nitrogens with zero attached hydrogens (tertiary/aromatic N) is 1. The molecule has 0 amide bonds. The van der Waals surface area contributed by atoms with Crippen molar-refractivity contribution in [3.8, 4) is 5.88 Å². The molecule has 0 aromatic carbocycles. The maximum absolute atomic E-state index is 11.7. The maximum Gasteiger partial charge on any atom is 0.574 e. The summed E-state index contributed by atoms with van der Waals surface area (Å²) in [6.07, 6.45) is -3.66. The van der Waals surface area contributed by atoms with E-state index in [0.29, 0.717) is 4.47 Å². The predicted octanol–water partition coefficient (Wildman–Crippen LogP) is 2.32. The molecule has 2 N–H and O–H groups in total. The van der Waals surface area contributed by atoms with E-state index in [1.54, 1.807) is 0 Å². The minimum absolute atomic E-state index is 0.245. The summed E-state index contributed by atoms with van der Waals surface area (Å²) in [4.78, 5) is 3.33. The zero-order chi connectivity index (χ0) is 10.1. The third kappa shape index (κ3) is 3.10. The van der Waals surface area contributed by atoms with Gasteiger partial charge in [-0.15, -0.1) is 13.2 Å². The van der Waals surface area contributed by atoms with Crippen molar-refractivity contribution in [2.75, 3.05) is 5.73 Å². The summed E-state index contributed by atoms with van der Waals surface area (Å²) in [5.41, 5.74) is 5.55. The predicted molar refractivity (Wildman–Crippen MR) is 43.0 cm³/mol. The molecule has 0 atom stereocenters. The van der Waals surface area contributed by atoms with Crippen molar-refractivity contribution in [2.24, 2.45) is 0 Å². The van der Waals surface area contributed by atoms with E-state index < -0.39 is 12.2 Å². The highest BCUT2D eigenvalue weighted by Crippen LogP contribution is 2.26. The smallest absolute Gasteiger partial charge is 0.397 e. The summed E-state index contributed by atoms with van der Waals surface area (Å²) < 4.78 is 38.8. The van der Waals surface area contributed by atoms with Crippen LogP contribution in [0.4, 0.5) is 18.9 Å². The van der Waals surface area contributed by atoms with Crippen LogP contribution in [-0.4, -0.2) is 11.3 Å². The molecule has 13 heavy (non-hydrogen) atoms. The fourth-order valence-electron chi connectivity index (χ4n) is 0.598. The highest BCUT2D eigenvalue weighted by molar-refractivity contribution is 9.10. The van der Waals surface area contributed by atoms with Crippen molar-refractivity contribution >= 4 is 21.6 Å². The Morgan fingerprint density at radius 1 is 1.46 bits per heavy atom. The van der Waals surface area contributed by atoms with Crippen LogP contribution in [-0.2, 0) is 0 Å². The number of halogens is 4. The van der Waals surface area contributed by atoms with Gasteiger partial charge in [-0.25, -0.2) is 4.98 Å². The number of aromatic nitrogens is 1. The molecule has 1 aromatic heterocycles. The Hall–Kier alpha value is -0.980. The quantitative estimate of drug-likeness (QED) is 0.839. The van der Waals surface area contributed by atoms with Crippen molar-refractivity contribution in [2.45, 2.75) is 6.36 Å². The molecule has 0 aliphatic rings. The first kappa shape index (κ1) is 10.1. The molecule has 0 bridgehead atoms. The molecule has 1 heterocycles. The van der Waals surface area contributed by atoms with Gasteiger partial charge in [0.1, 0.15) is 0 Å². The Labute approximate surface area is 79.8 Å². The second-order valence-electron chi connectivity index (χ2n) is 2.09. The molecule has 0 aliphatic heterocycles. The molecule has 0 unspecified atom stereocenters. The first-order valence-corrected chi connectivity index (χ1v) is 3.84. The van der Waals surface area contributed by atoms with Crippen LogP contribution in [0.25, 0.3) is 0 Å². The lowest BCUT2D eigenvalue weighted by Gasteiger charge is -2.07. The lowest BCUT2D eigenvalue weighted by Crippen LogP contribution is -2.17. The zero-order valence-electron chi connectivity index (χ0n) is 6.10. The van der Waals surface area contributed by atoms with Gasteiger partial charge in [-0.3, -0.25) is 0 Å². The summed E-state index contributed by atoms with van der Waals surface area (Å²) >= 11 is 2.94. The molecule has 0 radical (unpaired) electrons. The van der Waals surface area contributed by atoms with E-state index in [1.807, 2.05) is 0 Å². The van der Waals surface area contributed by atoms with E-state index in [4.69, 9.17) is 5.73 Å². The molecular weight excluding hydrogens is 253 g/mol. The van der Waals surface area contributed by atoms with Crippen molar-refractivity contribution < 1.29 is 17.9 Å². The lowest BCUT2D eigenvalue weighted by molar-refractivity contribution is -0.276. The number of pyridine rings is 1. The number of rotatable bonds is 1. The number of nitrogens with two attached hydrogens (primary N) is 1. The molecule has 1 aromatic rings. The van der Waals surface area contributed by atoms with Gasteiger partial charge >= 0.3 is 6.36 Å². The Kier molecular flexibility index (Phi) is 2.65. The largest absolute Gasteiger partial charge is 0.574 e. The Bertz CT molecular complexity index is 315. The SMILES string of the molecule is Nc1cnc(OC(F)(F)F)cc1Br. The molecule has 7 heteroatoms. The molecule has 1 rings (SSSR count). The Balaban J connectivity index is 2.86. The molecule has 72 valence electrons. The maximum atomic E-state index is 11.7. The lowest BCUT2D eigenvalue weighted by atomic mass is 10.4. The molecule has 0 fully saturated rings. The topological polar surface area (TPSA) is 48.1 Å². The van der Waals surface area contributed by atoms with E-state index in [0.717, 1.165) is 12.3 Å². The molecule has 0 spiro atoms. The van der Waals surface area contributed by atoms with Crippen LogP contribution in [0, 0.1) is 0 Å². The zero-order valence-corrected chi connectivity index (χ0v) is 7.69. The van der Waals surface area contributed by atoms with Gasteiger partial charge in [0, 0.05) is 10.5 Å². The minimum atomic E-state index is -4.73. The van der Waals surface area contributed by atoms with Gasteiger partial charge in [0.2, 0.25) is 5.88 Å². The average molecular weight is 257 g/mol. The summed E-state index contributed by atoms with van der Waals surface area (Å²) in [6.45, 7) is 0. The van der Waals surface area contributed by atoms with E-state index in [9.17, 15) is 13.2 Å². The van der Waals surface area contributed by atoms with Gasteiger partial charge in [0.25, 0.3) is 0 Å².